The van der Waals surface area contributed by atoms with Crippen LogP contribution in [0, 0.1) is 6.92 Å². The fraction of sp³-hybridized carbons (Fsp3) is 0.143. The first-order valence-corrected chi connectivity index (χ1v) is 8.69. The van der Waals surface area contributed by atoms with Gasteiger partial charge < -0.3 is 10.2 Å². The molecule has 5 heteroatoms. The van der Waals surface area contributed by atoms with Crippen LogP contribution in [0.25, 0.3) is 0 Å². The van der Waals surface area contributed by atoms with Crippen molar-refractivity contribution in [1.82, 2.24) is 9.88 Å². The van der Waals surface area contributed by atoms with Gasteiger partial charge in [-0.3, -0.25) is 4.79 Å². The van der Waals surface area contributed by atoms with Crippen molar-refractivity contribution in [2.24, 2.45) is 0 Å². The van der Waals surface area contributed by atoms with Crippen molar-refractivity contribution in [2.45, 2.75) is 13.5 Å². The molecule has 0 bridgehead atoms. The zero-order valence-corrected chi connectivity index (χ0v) is 15.5. The van der Waals surface area contributed by atoms with Gasteiger partial charge in [0, 0.05) is 30.5 Å². The monoisotopic (exact) mass is 365 g/mol. The minimum atomic E-state index is -0.0597. The molecule has 1 heterocycles. The van der Waals surface area contributed by atoms with E-state index in [2.05, 4.69) is 10.3 Å². The second-order valence-corrected chi connectivity index (χ2v) is 6.60. The molecule has 0 aliphatic carbocycles. The summed E-state index contributed by atoms with van der Waals surface area (Å²) < 4.78 is 0. The molecule has 3 aromatic rings. The molecule has 0 unspecified atom stereocenters. The number of rotatable bonds is 5. The molecule has 1 aromatic heterocycles. The number of aryl methyl sites for hydroxylation is 1. The number of aromatic nitrogens is 1. The number of nitrogens with one attached hydrogen (secondary N) is 1. The summed E-state index contributed by atoms with van der Waals surface area (Å²) in [5.41, 5.74) is 3.61. The lowest BCUT2D eigenvalue weighted by Gasteiger charge is -2.17. The van der Waals surface area contributed by atoms with Gasteiger partial charge in [0.15, 0.2) is 0 Å². The smallest absolute Gasteiger partial charge is 0.255 e. The number of hydrogen-bond donors (Lipinski definition) is 1. The lowest BCUT2D eigenvalue weighted by atomic mass is 10.2. The maximum absolute atomic E-state index is 12.6. The van der Waals surface area contributed by atoms with Crippen molar-refractivity contribution >= 4 is 29.0 Å². The van der Waals surface area contributed by atoms with E-state index in [1.165, 1.54) is 0 Å². The Bertz CT molecular complexity index is 895. The summed E-state index contributed by atoms with van der Waals surface area (Å²) in [5.74, 6) is 0.619. The van der Waals surface area contributed by atoms with E-state index in [0.717, 1.165) is 16.8 Å². The summed E-state index contributed by atoms with van der Waals surface area (Å²) in [6, 6.07) is 19.1. The zero-order chi connectivity index (χ0) is 18.5. The summed E-state index contributed by atoms with van der Waals surface area (Å²) in [6.45, 7) is 2.54. The van der Waals surface area contributed by atoms with E-state index >= 15 is 0 Å². The number of halogens is 1. The minimum Gasteiger partial charge on any atom is -0.340 e. The molecule has 0 spiro atoms. The molecule has 0 fully saturated rings. The quantitative estimate of drug-likeness (QED) is 0.687. The minimum absolute atomic E-state index is 0.0597. The van der Waals surface area contributed by atoms with Crippen LogP contribution in [0.3, 0.4) is 0 Å². The summed E-state index contributed by atoms with van der Waals surface area (Å²) in [5, 5.41) is 3.94. The van der Waals surface area contributed by atoms with Crippen LogP contribution in [-0.4, -0.2) is 22.8 Å². The van der Waals surface area contributed by atoms with Crippen molar-refractivity contribution in [3.8, 4) is 0 Å². The van der Waals surface area contributed by atoms with Crippen molar-refractivity contribution < 1.29 is 4.79 Å². The third kappa shape index (κ3) is 4.41. The molecular weight excluding hydrogens is 346 g/mol. The van der Waals surface area contributed by atoms with Gasteiger partial charge in [-0.05, 0) is 48.4 Å². The van der Waals surface area contributed by atoms with Gasteiger partial charge in [-0.1, -0.05) is 41.9 Å². The molecule has 132 valence electrons. The molecule has 0 atom stereocenters. The third-order valence-corrected chi connectivity index (χ3v) is 4.31. The number of anilines is 2. The number of benzene rings is 2. The molecular formula is C21H20ClN3O. The van der Waals surface area contributed by atoms with Gasteiger partial charge in [0.25, 0.3) is 5.91 Å². The SMILES string of the molecule is Cc1cc(Cl)ccc1Nc1ccc(C(=O)N(C)Cc2ccccc2)cn1. The highest BCUT2D eigenvalue weighted by Gasteiger charge is 2.12. The fourth-order valence-electron chi connectivity index (χ4n) is 2.65. The van der Waals surface area contributed by atoms with E-state index in [9.17, 15) is 4.79 Å². The second kappa shape index (κ2) is 8.02. The molecule has 4 nitrogen and oxygen atoms in total. The van der Waals surface area contributed by atoms with Gasteiger partial charge in [-0.25, -0.2) is 4.98 Å². The highest BCUT2D eigenvalue weighted by atomic mass is 35.5. The molecule has 0 aliphatic rings. The van der Waals surface area contributed by atoms with Gasteiger partial charge >= 0.3 is 0 Å². The third-order valence-electron chi connectivity index (χ3n) is 4.07. The number of amides is 1. The average Bonchev–Trinajstić information content (AvgIpc) is 2.65. The highest BCUT2D eigenvalue weighted by molar-refractivity contribution is 6.30. The van der Waals surface area contributed by atoms with Crippen LogP contribution in [-0.2, 0) is 6.54 Å². The highest BCUT2D eigenvalue weighted by Crippen LogP contribution is 2.22. The van der Waals surface area contributed by atoms with Crippen LogP contribution in [0.15, 0.2) is 66.9 Å². The van der Waals surface area contributed by atoms with Crippen molar-refractivity contribution in [1.29, 1.82) is 0 Å². The van der Waals surface area contributed by atoms with Crippen LogP contribution >= 0.6 is 11.6 Å². The Morgan fingerprint density at radius 1 is 1.12 bits per heavy atom. The van der Waals surface area contributed by atoms with Gasteiger partial charge in [-0.15, -0.1) is 0 Å². The van der Waals surface area contributed by atoms with E-state index in [1.807, 2.05) is 55.5 Å². The first-order chi connectivity index (χ1) is 12.5. The van der Waals surface area contributed by atoms with E-state index < -0.39 is 0 Å². The Hall–Kier alpha value is -2.85. The Morgan fingerprint density at radius 3 is 2.54 bits per heavy atom. The molecule has 0 saturated heterocycles. The van der Waals surface area contributed by atoms with Crippen LogP contribution < -0.4 is 5.32 Å². The summed E-state index contributed by atoms with van der Waals surface area (Å²) in [7, 11) is 1.79. The molecule has 3 rings (SSSR count). The first kappa shape index (κ1) is 18.0. The molecule has 0 saturated carbocycles. The Kier molecular flexibility index (Phi) is 5.54. The van der Waals surface area contributed by atoms with Crippen molar-refractivity contribution in [3.63, 3.8) is 0 Å². The predicted octanol–water partition coefficient (Wildman–Crippen LogP) is 5.06. The van der Waals surface area contributed by atoms with E-state index in [1.54, 1.807) is 30.3 Å². The van der Waals surface area contributed by atoms with Crippen LogP contribution in [0.5, 0.6) is 0 Å². The lowest BCUT2D eigenvalue weighted by molar-refractivity contribution is 0.0784. The first-order valence-electron chi connectivity index (χ1n) is 8.31. The largest absolute Gasteiger partial charge is 0.340 e. The topological polar surface area (TPSA) is 45.2 Å². The van der Waals surface area contributed by atoms with Gasteiger partial charge in [0.1, 0.15) is 5.82 Å². The fourth-order valence-corrected chi connectivity index (χ4v) is 2.88. The molecule has 0 radical (unpaired) electrons. The Morgan fingerprint density at radius 2 is 1.88 bits per heavy atom. The lowest BCUT2D eigenvalue weighted by Crippen LogP contribution is -2.26. The van der Waals surface area contributed by atoms with Crippen molar-refractivity contribution in [2.75, 3.05) is 12.4 Å². The second-order valence-electron chi connectivity index (χ2n) is 6.16. The Balaban J connectivity index is 1.67. The van der Waals surface area contributed by atoms with Crippen LogP contribution in [0.4, 0.5) is 11.5 Å². The van der Waals surface area contributed by atoms with Gasteiger partial charge in [0.2, 0.25) is 0 Å². The van der Waals surface area contributed by atoms with Crippen LogP contribution in [0.2, 0.25) is 5.02 Å². The molecule has 1 N–H and O–H groups in total. The van der Waals surface area contributed by atoms with Gasteiger partial charge in [-0.2, -0.15) is 0 Å². The molecule has 0 aliphatic heterocycles. The van der Waals surface area contributed by atoms with E-state index in [4.69, 9.17) is 11.6 Å². The summed E-state index contributed by atoms with van der Waals surface area (Å²) in [4.78, 5) is 18.6. The number of hydrogen-bond acceptors (Lipinski definition) is 3. The molecule has 26 heavy (non-hydrogen) atoms. The van der Waals surface area contributed by atoms with Crippen LogP contribution in [0.1, 0.15) is 21.5 Å². The van der Waals surface area contributed by atoms with Crippen molar-refractivity contribution in [3.05, 3.63) is 88.6 Å². The molecule has 2 aromatic carbocycles. The number of carbonyl (C=O) groups excluding carboxylic acids is 1. The predicted molar refractivity (Wildman–Crippen MR) is 106 cm³/mol. The molecule has 1 amide bonds. The summed E-state index contributed by atoms with van der Waals surface area (Å²) >= 11 is 5.98. The average molecular weight is 366 g/mol. The number of carbonyl (C=O) groups is 1. The zero-order valence-electron chi connectivity index (χ0n) is 14.7. The summed E-state index contributed by atoms with van der Waals surface area (Å²) in [6.07, 6.45) is 1.59. The Labute approximate surface area is 158 Å². The van der Waals surface area contributed by atoms with E-state index in [0.29, 0.717) is 22.9 Å². The normalized spacial score (nSPS) is 10.4. The standard InChI is InChI=1S/C21H20ClN3O/c1-15-12-18(22)9-10-19(15)24-20-11-8-17(13-23-20)21(26)25(2)14-16-6-4-3-5-7-16/h3-13H,14H2,1-2H3,(H,23,24). The van der Waals surface area contributed by atoms with E-state index in [-0.39, 0.29) is 5.91 Å². The maximum Gasteiger partial charge on any atom is 0.255 e. The maximum atomic E-state index is 12.6. The number of pyridine rings is 1. The number of nitrogens with zero attached hydrogens (tertiary/aromatic N) is 2. The van der Waals surface area contributed by atoms with Gasteiger partial charge in [0.05, 0.1) is 5.56 Å².